The summed E-state index contributed by atoms with van der Waals surface area (Å²) in [5, 5.41) is 8.86. The Morgan fingerprint density at radius 3 is 2.24 bits per heavy atom. The maximum absolute atomic E-state index is 13.3. The second kappa shape index (κ2) is 11.6. The van der Waals surface area contributed by atoms with Gasteiger partial charge >= 0.3 is 0 Å². The number of nitrogens with zero attached hydrogens (tertiary/aromatic N) is 5. The minimum atomic E-state index is -0.144. The van der Waals surface area contributed by atoms with Crippen molar-refractivity contribution in [3.8, 4) is 17.0 Å². The van der Waals surface area contributed by atoms with Crippen LogP contribution in [0.25, 0.3) is 11.3 Å². The second-order valence-corrected chi connectivity index (χ2v) is 10.1. The first kappa shape index (κ1) is 25.7. The highest BCUT2D eigenvalue weighted by Crippen LogP contribution is 2.32. The van der Waals surface area contributed by atoms with E-state index in [4.69, 9.17) is 4.74 Å². The van der Waals surface area contributed by atoms with Crippen molar-refractivity contribution in [2.75, 3.05) is 44.7 Å². The van der Waals surface area contributed by atoms with Crippen LogP contribution in [0.5, 0.6) is 5.75 Å². The monoisotopic (exact) mass is 513 g/mol. The maximum atomic E-state index is 13.3. The SMILES string of the molecule is COc1ccc(-c2ccc(N3CCN(C(=O)CN(C(=O)C4CCC4)C(C)c4ccccc4)CC3)nn2)cc1. The largest absolute Gasteiger partial charge is 0.497 e. The molecule has 5 rings (SSSR count). The van der Waals surface area contributed by atoms with E-state index < -0.39 is 0 Å². The third-order valence-electron chi connectivity index (χ3n) is 7.79. The summed E-state index contributed by atoms with van der Waals surface area (Å²) >= 11 is 0. The first-order chi connectivity index (χ1) is 18.5. The van der Waals surface area contributed by atoms with Crippen LogP contribution >= 0.6 is 0 Å². The van der Waals surface area contributed by atoms with Crippen LogP contribution in [0, 0.1) is 5.92 Å². The zero-order valence-electron chi connectivity index (χ0n) is 22.1. The fraction of sp³-hybridized carbons (Fsp3) is 0.400. The molecular weight excluding hydrogens is 478 g/mol. The van der Waals surface area contributed by atoms with Crippen LogP contribution in [0.4, 0.5) is 5.82 Å². The number of benzene rings is 2. The van der Waals surface area contributed by atoms with E-state index in [1.165, 1.54) is 0 Å². The molecule has 1 aliphatic carbocycles. The van der Waals surface area contributed by atoms with Crippen molar-refractivity contribution < 1.29 is 14.3 Å². The first-order valence-electron chi connectivity index (χ1n) is 13.4. The number of hydrogen-bond donors (Lipinski definition) is 0. The number of carbonyl (C=O) groups excluding carboxylic acids is 2. The Kier molecular flexibility index (Phi) is 7.86. The summed E-state index contributed by atoms with van der Waals surface area (Å²) in [5.41, 5.74) is 2.83. The molecule has 1 saturated heterocycles. The van der Waals surface area contributed by atoms with E-state index in [9.17, 15) is 9.59 Å². The summed E-state index contributed by atoms with van der Waals surface area (Å²) in [7, 11) is 1.65. The van der Waals surface area contributed by atoms with Gasteiger partial charge in [0.25, 0.3) is 0 Å². The van der Waals surface area contributed by atoms with Crippen LogP contribution in [0.3, 0.4) is 0 Å². The van der Waals surface area contributed by atoms with Gasteiger partial charge in [0.1, 0.15) is 12.3 Å². The summed E-state index contributed by atoms with van der Waals surface area (Å²) < 4.78 is 5.22. The fourth-order valence-electron chi connectivity index (χ4n) is 5.05. The lowest BCUT2D eigenvalue weighted by Crippen LogP contribution is -2.53. The molecule has 2 heterocycles. The van der Waals surface area contributed by atoms with Gasteiger partial charge in [-0.25, -0.2) is 0 Å². The minimum Gasteiger partial charge on any atom is -0.497 e. The predicted molar refractivity (Wildman–Crippen MR) is 147 cm³/mol. The lowest BCUT2D eigenvalue weighted by molar-refractivity contribution is -0.147. The van der Waals surface area contributed by atoms with E-state index in [0.717, 1.165) is 47.7 Å². The molecule has 1 unspecified atom stereocenters. The van der Waals surface area contributed by atoms with Gasteiger partial charge in [0.15, 0.2) is 5.82 Å². The third-order valence-corrected chi connectivity index (χ3v) is 7.79. The lowest BCUT2D eigenvalue weighted by atomic mass is 9.84. The molecule has 198 valence electrons. The number of ether oxygens (including phenoxy) is 1. The van der Waals surface area contributed by atoms with Gasteiger partial charge in [0.05, 0.1) is 18.8 Å². The van der Waals surface area contributed by atoms with Gasteiger partial charge in [-0.05, 0) is 61.7 Å². The molecule has 38 heavy (non-hydrogen) atoms. The fourth-order valence-corrected chi connectivity index (χ4v) is 5.05. The minimum absolute atomic E-state index is 0.000965. The van der Waals surface area contributed by atoms with Gasteiger partial charge < -0.3 is 19.4 Å². The number of rotatable bonds is 8. The Morgan fingerprint density at radius 2 is 1.66 bits per heavy atom. The Hall–Kier alpha value is -3.94. The topological polar surface area (TPSA) is 78.9 Å². The van der Waals surface area contributed by atoms with Gasteiger partial charge in [0, 0.05) is 37.7 Å². The summed E-state index contributed by atoms with van der Waals surface area (Å²) in [4.78, 5) is 32.4. The van der Waals surface area contributed by atoms with Gasteiger partial charge in [0.2, 0.25) is 11.8 Å². The van der Waals surface area contributed by atoms with E-state index in [1.54, 1.807) is 12.0 Å². The van der Waals surface area contributed by atoms with Crippen LogP contribution in [0.2, 0.25) is 0 Å². The molecule has 8 nitrogen and oxygen atoms in total. The molecule has 1 saturated carbocycles. The highest BCUT2D eigenvalue weighted by atomic mass is 16.5. The maximum Gasteiger partial charge on any atom is 0.242 e. The Balaban J connectivity index is 1.19. The molecule has 2 aromatic carbocycles. The zero-order valence-corrected chi connectivity index (χ0v) is 22.1. The van der Waals surface area contributed by atoms with Crippen molar-refractivity contribution in [2.24, 2.45) is 5.92 Å². The molecule has 0 spiro atoms. The quantitative estimate of drug-likeness (QED) is 0.450. The van der Waals surface area contributed by atoms with E-state index in [-0.39, 0.29) is 30.3 Å². The van der Waals surface area contributed by atoms with E-state index in [1.807, 2.05) is 78.6 Å². The third kappa shape index (κ3) is 5.64. The molecule has 8 heteroatoms. The van der Waals surface area contributed by atoms with Crippen molar-refractivity contribution in [2.45, 2.75) is 32.2 Å². The molecule has 0 N–H and O–H groups in total. The Labute approximate surface area is 224 Å². The molecule has 2 fully saturated rings. The summed E-state index contributed by atoms with van der Waals surface area (Å²) in [6.45, 7) is 4.66. The van der Waals surface area contributed by atoms with Crippen LogP contribution < -0.4 is 9.64 Å². The number of hydrogen-bond acceptors (Lipinski definition) is 6. The normalized spacial score (nSPS) is 16.5. The lowest BCUT2D eigenvalue weighted by Gasteiger charge is -2.39. The summed E-state index contributed by atoms with van der Waals surface area (Å²) in [5.74, 6) is 1.75. The highest BCUT2D eigenvalue weighted by Gasteiger charge is 2.34. The number of methoxy groups -OCH3 is 1. The molecule has 1 aliphatic heterocycles. The molecule has 0 bridgehead atoms. The predicted octanol–water partition coefficient (Wildman–Crippen LogP) is 4.19. The average Bonchev–Trinajstić information content (AvgIpc) is 2.95. The number of amides is 2. The van der Waals surface area contributed by atoms with Crippen LogP contribution in [-0.2, 0) is 9.59 Å². The summed E-state index contributed by atoms with van der Waals surface area (Å²) in [6.07, 6.45) is 2.92. The molecule has 2 aliphatic rings. The molecule has 3 aromatic rings. The standard InChI is InChI=1S/C30H35N5O3/c1-22(23-7-4-3-5-8-23)35(30(37)25-9-6-10-25)21-29(36)34-19-17-33(18-20-34)28-16-15-27(31-32-28)24-11-13-26(38-2)14-12-24/h3-5,7-8,11-16,22,25H,6,9-10,17-21H2,1-2H3. The van der Waals surface area contributed by atoms with Gasteiger partial charge in [-0.2, -0.15) is 0 Å². The zero-order chi connectivity index (χ0) is 26.5. The van der Waals surface area contributed by atoms with Gasteiger partial charge in [-0.1, -0.05) is 36.8 Å². The number of piperazine rings is 1. The number of carbonyl (C=O) groups is 2. The van der Waals surface area contributed by atoms with Crippen molar-refractivity contribution in [1.29, 1.82) is 0 Å². The van der Waals surface area contributed by atoms with E-state index in [0.29, 0.717) is 26.2 Å². The Bertz CT molecular complexity index is 1220. The first-order valence-corrected chi connectivity index (χ1v) is 13.4. The second-order valence-electron chi connectivity index (χ2n) is 10.1. The molecule has 0 radical (unpaired) electrons. The van der Waals surface area contributed by atoms with Crippen LogP contribution in [0.15, 0.2) is 66.7 Å². The smallest absolute Gasteiger partial charge is 0.242 e. The molecule has 2 amide bonds. The van der Waals surface area contributed by atoms with Crippen molar-refractivity contribution in [3.63, 3.8) is 0 Å². The van der Waals surface area contributed by atoms with Crippen molar-refractivity contribution in [3.05, 3.63) is 72.3 Å². The van der Waals surface area contributed by atoms with E-state index in [2.05, 4.69) is 15.1 Å². The van der Waals surface area contributed by atoms with E-state index >= 15 is 0 Å². The highest BCUT2D eigenvalue weighted by molar-refractivity contribution is 5.87. The summed E-state index contributed by atoms with van der Waals surface area (Å²) in [6, 6.07) is 21.5. The van der Waals surface area contributed by atoms with Crippen molar-refractivity contribution in [1.82, 2.24) is 20.0 Å². The van der Waals surface area contributed by atoms with Gasteiger partial charge in [-0.15, -0.1) is 10.2 Å². The Morgan fingerprint density at radius 1 is 0.947 bits per heavy atom. The van der Waals surface area contributed by atoms with Crippen LogP contribution in [0.1, 0.15) is 37.8 Å². The molecular formula is C30H35N5O3. The molecule has 1 atom stereocenters. The average molecular weight is 514 g/mol. The van der Waals surface area contributed by atoms with Gasteiger partial charge in [-0.3, -0.25) is 9.59 Å². The number of anilines is 1. The van der Waals surface area contributed by atoms with Crippen molar-refractivity contribution >= 4 is 17.6 Å². The van der Waals surface area contributed by atoms with Crippen LogP contribution in [-0.4, -0.2) is 71.6 Å². The number of aromatic nitrogens is 2. The molecule has 1 aromatic heterocycles.